The van der Waals surface area contributed by atoms with Crippen molar-refractivity contribution >= 4 is 11.6 Å². The van der Waals surface area contributed by atoms with Crippen LogP contribution >= 0.6 is 0 Å². The van der Waals surface area contributed by atoms with E-state index in [4.69, 9.17) is 9.26 Å². The van der Waals surface area contributed by atoms with Gasteiger partial charge in [0.2, 0.25) is 0 Å². The number of hydrogen-bond acceptors (Lipinski definition) is 7. The van der Waals surface area contributed by atoms with Gasteiger partial charge in [-0.2, -0.15) is 5.10 Å². The minimum atomic E-state index is -0.212. The van der Waals surface area contributed by atoms with Crippen molar-refractivity contribution < 1.29 is 14.1 Å². The first-order valence-electron chi connectivity index (χ1n) is 9.13. The largest absolute Gasteiger partial charge is 0.468 e. The third-order valence-electron chi connectivity index (χ3n) is 5.01. The van der Waals surface area contributed by atoms with E-state index in [0.29, 0.717) is 12.3 Å². The highest BCUT2D eigenvalue weighted by Crippen LogP contribution is 2.34. The predicted molar refractivity (Wildman–Crippen MR) is 98.4 cm³/mol. The SMILES string of the molecule is COC(=O)CN1CCCC(c2c(-c3cc(C)no3)cnc3cc(C)nn23)C1. The van der Waals surface area contributed by atoms with E-state index in [2.05, 4.69) is 20.1 Å². The van der Waals surface area contributed by atoms with Crippen LogP contribution in [0.1, 0.15) is 35.8 Å². The van der Waals surface area contributed by atoms with E-state index >= 15 is 0 Å². The Kier molecular flexibility index (Phi) is 4.65. The van der Waals surface area contributed by atoms with E-state index in [-0.39, 0.29) is 11.9 Å². The summed E-state index contributed by atoms with van der Waals surface area (Å²) in [6, 6.07) is 3.88. The number of aryl methyl sites for hydroxylation is 2. The van der Waals surface area contributed by atoms with Gasteiger partial charge in [-0.05, 0) is 33.2 Å². The average Bonchev–Trinajstić information content (AvgIpc) is 3.25. The normalized spacial score (nSPS) is 18.1. The van der Waals surface area contributed by atoms with Crippen molar-refractivity contribution in [1.82, 2.24) is 24.7 Å². The summed E-state index contributed by atoms with van der Waals surface area (Å²) in [4.78, 5) is 18.4. The van der Waals surface area contributed by atoms with Gasteiger partial charge in [0.15, 0.2) is 11.4 Å². The molecule has 0 radical (unpaired) electrons. The number of carbonyl (C=O) groups is 1. The molecule has 0 aromatic carbocycles. The Bertz CT molecular complexity index is 977. The average molecular weight is 369 g/mol. The number of piperidine rings is 1. The molecule has 1 aliphatic rings. The van der Waals surface area contributed by atoms with E-state index in [0.717, 1.165) is 54.2 Å². The Balaban J connectivity index is 1.77. The second-order valence-corrected chi connectivity index (χ2v) is 7.10. The van der Waals surface area contributed by atoms with Crippen LogP contribution < -0.4 is 0 Å². The Hall–Kier alpha value is -2.74. The van der Waals surface area contributed by atoms with E-state index in [9.17, 15) is 4.79 Å². The molecule has 142 valence electrons. The highest BCUT2D eigenvalue weighted by atomic mass is 16.5. The van der Waals surface area contributed by atoms with Crippen LogP contribution in [-0.2, 0) is 9.53 Å². The first kappa shape index (κ1) is 17.7. The van der Waals surface area contributed by atoms with Crippen molar-refractivity contribution in [3.63, 3.8) is 0 Å². The maximum Gasteiger partial charge on any atom is 0.319 e. The molecular formula is C19H23N5O3. The molecular weight excluding hydrogens is 346 g/mol. The van der Waals surface area contributed by atoms with E-state index < -0.39 is 0 Å². The standard InChI is InChI=1S/C19H23N5O3/c1-12-8-17-20-9-15(16-7-13(2)22-27-16)19(24(17)21-12)14-5-4-6-23(10-14)11-18(25)26-3/h7-9,14H,4-6,10-11H2,1-3H3. The van der Waals surface area contributed by atoms with Gasteiger partial charge in [-0.1, -0.05) is 5.16 Å². The van der Waals surface area contributed by atoms with Crippen molar-refractivity contribution in [2.45, 2.75) is 32.6 Å². The van der Waals surface area contributed by atoms with Gasteiger partial charge in [0, 0.05) is 30.8 Å². The molecule has 0 aliphatic carbocycles. The molecule has 3 aromatic heterocycles. The molecule has 4 heterocycles. The number of methoxy groups -OCH3 is 1. The van der Waals surface area contributed by atoms with Crippen LogP contribution in [0.3, 0.4) is 0 Å². The summed E-state index contributed by atoms with van der Waals surface area (Å²) in [5.74, 6) is 0.681. The number of likely N-dealkylation sites (tertiary alicyclic amines) is 1. The molecule has 0 amide bonds. The van der Waals surface area contributed by atoms with Crippen molar-refractivity contribution in [2.24, 2.45) is 0 Å². The van der Waals surface area contributed by atoms with E-state index in [1.54, 1.807) is 0 Å². The molecule has 1 saturated heterocycles. The fourth-order valence-electron chi connectivity index (χ4n) is 3.81. The zero-order chi connectivity index (χ0) is 19.0. The number of aromatic nitrogens is 4. The first-order chi connectivity index (χ1) is 13.0. The van der Waals surface area contributed by atoms with Gasteiger partial charge < -0.3 is 9.26 Å². The van der Waals surface area contributed by atoms with Gasteiger partial charge in [0.05, 0.1) is 36.3 Å². The smallest absolute Gasteiger partial charge is 0.319 e. The van der Waals surface area contributed by atoms with Crippen LogP contribution in [0.4, 0.5) is 0 Å². The van der Waals surface area contributed by atoms with Gasteiger partial charge in [-0.15, -0.1) is 0 Å². The lowest BCUT2D eigenvalue weighted by Crippen LogP contribution is -2.39. The predicted octanol–water partition coefficient (Wildman–Crippen LogP) is 2.35. The fourth-order valence-corrected chi connectivity index (χ4v) is 3.81. The number of nitrogens with zero attached hydrogens (tertiary/aromatic N) is 5. The monoisotopic (exact) mass is 369 g/mol. The van der Waals surface area contributed by atoms with E-state index in [1.807, 2.05) is 36.7 Å². The number of hydrogen-bond donors (Lipinski definition) is 0. The van der Waals surface area contributed by atoms with Crippen molar-refractivity contribution in [2.75, 3.05) is 26.7 Å². The molecule has 1 fully saturated rings. The fraction of sp³-hybridized carbons (Fsp3) is 0.474. The summed E-state index contributed by atoms with van der Waals surface area (Å²) in [6.45, 7) is 5.80. The highest BCUT2D eigenvalue weighted by molar-refractivity contribution is 5.71. The quantitative estimate of drug-likeness (QED) is 0.653. The Labute approximate surface area is 157 Å². The highest BCUT2D eigenvalue weighted by Gasteiger charge is 2.29. The maximum absolute atomic E-state index is 11.7. The van der Waals surface area contributed by atoms with Crippen LogP contribution in [-0.4, -0.2) is 57.4 Å². The summed E-state index contributed by atoms with van der Waals surface area (Å²) in [5.41, 5.74) is 4.50. The molecule has 0 spiro atoms. The molecule has 1 atom stereocenters. The van der Waals surface area contributed by atoms with Gasteiger partial charge >= 0.3 is 5.97 Å². The van der Waals surface area contributed by atoms with Crippen LogP contribution in [0.5, 0.6) is 0 Å². The zero-order valence-corrected chi connectivity index (χ0v) is 15.8. The lowest BCUT2D eigenvalue weighted by Gasteiger charge is -2.32. The van der Waals surface area contributed by atoms with Crippen LogP contribution in [0, 0.1) is 13.8 Å². The summed E-state index contributed by atoms with van der Waals surface area (Å²) in [5, 5.41) is 8.69. The number of fused-ring (bicyclic) bond motifs is 1. The molecule has 0 saturated carbocycles. The minimum absolute atomic E-state index is 0.202. The summed E-state index contributed by atoms with van der Waals surface area (Å²) in [7, 11) is 1.42. The number of carbonyl (C=O) groups excluding carboxylic acids is 1. The molecule has 0 bridgehead atoms. The summed E-state index contributed by atoms with van der Waals surface area (Å²) in [6.07, 6.45) is 3.85. The van der Waals surface area contributed by atoms with Gasteiger partial charge in [-0.3, -0.25) is 9.69 Å². The molecule has 8 nitrogen and oxygen atoms in total. The Morgan fingerprint density at radius 1 is 1.33 bits per heavy atom. The molecule has 27 heavy (non-hydrogen) atoms. The molecule has 3 aromatic rings. The second-order valence-electron chi connectivity index (χ2n) is 7.10. The topological polar surface area (TPSA) is 85.8 Å². The second kappa shape index (κ2) is 7.11. The Morgan fingerprint density at radius 2 is 2.19 bits per heavy atom. The molecule has 0 N–H and O–H groups in total. The molecule has 4 rings (SSSR count). The van der Waals surface area contributed by atoms with Crippen LogP contribution in [0.25, 0.3) is 17.0 Å². The lowest BCUT2D eigenvalue weighted by atomic mass is 9.91. The third-order valence-corrected chi connectivity index (χ3v) is 5.01. The maximum atomic E-state index is 11.7. The number of esters is 1. The minimum Gasteiger partial charge on any atom is -0.468 e. The molecule has 1 aliphatic heterocycles. The zero-order valence-electron chi connectivity index (χ0n) is 15.8. The lowest BCUT2D eigenvalue weighted by molar-refractivity contribution is -0.142. The summed E-state index contributed by atoms with van der Waals surface area (Å²) < 4.78 is 12.3. The molecule has 1 unspecified atom stereocenters. The van der Waals surface area contributed by atoms with Gasteiger partial charge in [-0.25, -0.2) is 9.50 Å². The summed E-state index contributed by atoms with van der Waals surface area (Å²) >= 11 is 0. The van der Waals surface area contributed by atoms with E-state index in [1.165, 1.54) is 7.11 Å². The van der Waals surface area contributed by atoms with Crippen LogP contribution in [0.2, 0.25) is 0 Å². The third kappa shape index (κ3) is 3.44. The number of rotatable bonds is 4. The molecule has 8 heteroatoms. The van der Waals surface area contributed by atoms with Gasteiger partial charge in [0.25, 0.3) is 0 Å². The Morgan fingerprint density at radius 3 is 2.93 bits per heavy atom. The van der Waals surface area contributed by atoms with Gasteiger partial charge in [0.1, 0.15) is 0 Å². The van der Waals surface area contributed by atoms with Crippen molar-refractivity contribution in [3.8, 4) is 11.3 Å². The number of ether oxygens (including phenoxy) is 1. The first-order valence-corrected chi connectivity index (χ1v) is 9.13. The van der Waals surface area contributed by atoms with Crippen molar-refractivity contribution in [3.05, 3.63) is 35.4 Å². The van der Waals surface area contributed by atoms with Crippen LogP contribution in [0.15, 0.2) is 22.9 Å². The van der Waals surface area contributed by atoms with Crippen molar-refractivity contribution in [1.29, 1.82) is 0 Å².